The molecular formula is C20H21ClFN3O5S. The summed E-state index contributed by atoms with van der Waals surface area (Å²) in [6, 6.07) is 7.57. The van der Waals surface area contributed by atoms with E-state index in [4.69, 9.17) is 16.3 Å². The van der Waals surface area contributed by atoms with Crippen LogP contribution >= 0.6 is 11.6 Å². The van der Waals surface area contributed by atoms with Gasteiger partial charge < -0.3 is 10.1 Å². The van der Waals surface area contributed by atoms with Crippen LogP contribution in [0, 0.1) is 11.7 Å². The average molecular weight is 470 g/mol. The number of piperidine rings is 1. The van der Waals surface area contributed by atoms with Gasteiger partial charge in [-0.3, -0.25) is 9.59 Å². The van der Waals surface area contributed by atoms with Gasteiger partial charge in [0.15, 0.2) is 6.10 Å². The molecule has 0 unspecified atom stereocenters. The third-order valence-electron chi connectivity index (χ3n) is 4.81. The molecule has 11 heteroatoms. The molecule has 0 radical (unpaired) electrons. The molecule has 1 N–H and O–H groups in total. The van der Waals surface area contributed by atoms with Crippen LogP contribution in [0.25, 0.3) is 0 Å². The Hall–Kier alpha value is -2.56. The minimum atomic E-state index is -3.87. The van der Waals surface area contributed by atoms with Gasteiger partial charge in [-0.05, 0) is 56.2 Å². The molecule has 1 aliphatic heterocycles. The van der Waals surface area contributed by atoms with Crippen LogP contribution in [0.1, 0.15) is 19.8 Å². The molecular weight excluding hydrogens is 449 g/mol. The van der Waals surface area contributed by atoms with Gasteiger partial charge >= 0.3 is 5.97 Å². The first-order valence-electron chi connectivity index (χ1n) is 9.55. The standard InChI is InChI=1S/C20H21ClFN3O5S/c1-13(19(26)24-18-9-4-15(21)11-23-18)30-20(27)14-3-2-10-25(12-14)31(28,29)17-7-5-16(22)6-8-17/h4-9,11,13-14H,2-3,10,12H2,1H3,(H,23,24,26)/t13-,14-/m0/s1. The van der Waals surface area contributed by atoms with Crippen LogP contribution in [0.4, 0.5) is 10.2 Å². The number of nitrogens with one attached hydrogen (secondary N) is 1. The van der Waals surface area contributed by atoms with E-state index in [2.05, 4.69) is 10.3 Å². The fraction of sp³-hybridized carbons (Fsp3) is 0.350. The Kier molecular flexibility index (Phi) is 7.24. The molecule has 0 aliphatic carbocycles. The second kappa shape index (κ2) is 9.71. The maximum atomic E-state index is 13.1. The van der Waals surface area contributed by atoms with Crippen LogP contribution in [0.2, 0.25) is 5.02 Å². The average Bonchev–Trinajstić information content (AvgIpc) is 2.75. The number of carbonyl (C=O) groups is 2. The molecule has 0 saturated carbocycles. The van der Waals surface area contributed by atoms with E-state index in [0.717, 1.165) is 12.1 Å². The van der Waals surface area contributed by atoms with Gasteiger partial charge in [0.2, 0.25) is 10.0 Å². The zero-order chi connectivity index (χ0) is 22.6. The summed E-state index contributed by atoms with van der Waals surface area (Å²) in [5.74, 6) is -2.24. The van der Waals surface area contributed by atoms with Crippen LogP contribution < -0.4 is 5.32 Å². The van der Waals surface area contributed by atoms with Crippen LogP contribution in [0.3, 0.4) is 0 Å². The number of anilines is 1. The lowest BCUT2D eigenvalue weighted by molar-refractivity contribution is -0.158. The molecule has 2 heterocycles. The highest BCUT2D eigenvalue weighted by Gasteiger charge is 2.35. The van der Waals surface area contributed by atoms with Crippen LogP contribution in [-0.2, 0) is 24.3 Å². The predicted octanol–water partition coefficient (Wildman–Crippen LogP) is 2.85. The second-order valence-electron chi connectivity index (χ2n) is 7.09. The quantitative estimate of drug-likeness (QED) is 0.652. The summed E-state index contributed by atoms with van der Waals surface area (Å²) in [7, 11) is -3.87. The van der Waals surface area contributed by atoms with Crippen LogP contribution in [0.5, 0.6) is 0 Å². The van der Waals surface area contributed by atoms with Crippen molar-refractivity contribution in [3.05, 3.63) is 53.4 Å². The molecule has 0 spiro atoms. The number of hydrogen-bond acceptors (Lipinski definition) is 6. The van der Waals surface area contributed by atoms with Gasteiger partial charge in [-0.25, -0.2) is 17.8 Å². The summed E-state index contributed by atoms with van der Waals surface area (Å²) < 4.78 is 45.1. The van der Waals surface area contributed by atoms with E-state index in [1.54, 1.807) is 6.07 Å². The minimum Gasteiger partial charge on any atom is -0.452 e. The SMILES string of the molecule is C[C@H](OC(=O)[C@H]1CCCN(S(=O)(=O)c2ccc(F)cc2)C1)C(=O)Nc1ccc(Cl)cn1. The predicted molar refractivity (Wildman–Crippen MR) is 111 cm³/mol. The van der Waals surface area contributed by atoms with Gasteiger partial charge in [0.25, 0.3) is 5.91 Å². The van der Waals surface area contributed by atoms with Crippen molar-refractivity contribution in [1.82, 2.24) is 9.29 Å². The van der Waals surface area contributed by atoms with Crippen molar-refractivity contribution in [2.75, 3.05) is 18.4 Å². The molecule has 166 valence electrons. The second-order valence-corrected chi connectivity index (χ2v) is 9.46. The van der Waals surface area contributed by atoms with E-state index in [1.807, 2.05) is 0 Å². The first kappa shape index (κ1) is 23.1. The normalized spacial score (nSPS) is 18.2. The maximum absolute atomic E-state index is 13.1. The number of carbonyl (C=O) groups excluding carboxylic acids is 2. The zero-order valence-electron chi connectivity index (χ0n) is 16.6. The smallest absolute Gasteiger partial charge is 0.311 e. The fourth-order valence-corrected chi connectivity index (χ4v) is 4.75. The number of benzene rings is 1. The lowest BCUT2D eigenvalue weighted by Gasteiger charge is -2.31. The van der Waals surface area contributed by atoms with E-state index in [-0.39, 0.29) is 23.8 Å². The van der Waals surface area contributed by atoms with E-state index < -0.39 is 39.7 Å². The third-order valence-corrected chi connectivity index (χ3v) is 6.91. The summed E-state index contributed by atoms with van der Waals surface area (Å²) in [5, 5.41) is 2.93. The summed E-state index contributed by atoms with van der Waals surface area (Å²) in [6.45, 7) is 1.58. The Morgan fingerprint density at radius 3 is 2.61 bits per heavy atom. The molecule has 0 bridgehead atoms. The number of esters is 1. The van der Waals surface area contributed by atoms with Crippen LogP contribution in [0.15, 0.2) is 47.5 Å². The molecule has 1 saturated heterocycles. The van der Waals surface area contributed by atoms with E-state index in [9.17, 15) is 22.4 Å². The van der Waals surface area contributed by atoms with Crippen molar-refractivity contribution in [1.29, 1.82) is 0 Å². The number of aromatic nitrogens is 1. The number of sulfonamides is 1. The van der Waals surface area contributed by atoms with Gasteiger partial charge in [0.1, 0.15) is 11.6 Å². The molecule has 31 heavy (non-hydrogen) atoms. The Morgan fingerprint density at radius 1 is 1.26 bits per heavy atom. The summed E-state index contributed by atoms with van der Waals surface area (Å²) in [5.41, 5.74) is 0. The zero-order valence-corrected chi connectivity index (χ0v) is 18.2. The number of hydrogen-bond donors (Lipinski definition) is 1. The number of rotatable bonds is 6. The molecule has 8 nitrogen and oxygen atoms in total. The van der Waals surface area contributed by atoms with Crippen molar-refractivity contribution in [2.24, 2.45) is 5.92 Å². The Labute approximate surface area is 184 Å². The van der Waals surface area contributed by atoms with Gasteiger partial charge in [-0.15, -0.1) is 0 Å². The van der Waals surface area contributed by atoms with Crippen molar-refractivity contribution >= 4 is 39.3 Å². The number of halogens is 2. The van der Waals surface area contributed by atoms with Gasteiger partial charge in [0, 0.05) is 19.3 Å². The number of amides is 1. The summed E-state index contributed by atoms with van der Waals surface area (Å²) >= 11 is 5.75. The van der Waals surface area contributed by atoms with Crippen LogP contribution in [-0.4, -0.2) is 48.8 Å². The highest BCUT2D eigenvalue weighted by atomic mass is 35.5. The maximum Gasteiger partial charge on any atom is 0.311 e. The van der Waals surface area contributed by atoms with E-state index in [0.29, 0.717) is 17.9 Å². The molecule has 1 aromatic carbocycles. The molecule has 1 aromatic heterocycles. The number of pyridine rings is 1. The summed E-state index contributed by atoms with van der Waals surface area (Å²) in [6.07, 6.45) is 1.15. The topological polar surface area (TPSA) is 106 Å². The third kappa shape index (κ3) is 5.78. The molecule has 2 aromatic rings. The Balaban J connectivity index is 1.60. The molecule has 3 rings (SSSR count). The van der Waals surface area contributed by atoms with Crippen molar-refractivity contribution in [2.45, 2.75) is 30.8 Å². The molecule has 1 fully saturated rings. The number of ether oxygens (including phenoxy) is 1. The van der Waals surface area contributed by atoms with E-state index in [1.165, 1.54) is 35.6 Å². The molecule has 1 amide bonds. The fourth-order valence-electron chi connectivity index (χ4n) is 3.11. The van der Waals surface area contributed by atoms with Gasteiger partial charge in [0.05, 0.1) is 15.8 Å². The molecule has 1 aliphatic rings. The van der Waals surface area contributed by atoms with E-state index >= 15 is 0 Å². The lowest BCUT2D eigenvalue weighted by Crippen LogP contribution is -2.44. The van der Waals surface area contributed by atoms with Gasteiger partial charge in [-0.1, -0.05) is 11.6 Å². The van der Waals surface area contributed by atoms with Crippen molar-refractivity contribution < 1.29 is 27.1 Å². The minimum absolute atomic E-state index is 0.0499. The number of nitrogens with zero attached hydrogens (tertiary/aromatic N) is 2. The highest BCUT2D eigenvalue weighted by molar-refractivity contribution is 7.89. The first-order chi connectivity index (χ1) is 14.7. The Bertz CT molecular complexity index is 1050. The van der Waals surface area contributed by atoms with Gasteiger partial charge in [-0.2, -0.15) is 4.31 Å². The first-order valence-corrected chi connectivity index (χ1v) is 11.4. The van der Waals surface area contributed by atoms with Crippen molar-refractivity contribution in [3.8, 4) is 0 Å². The summed E-state index contributed by atoms with van der Waals surface area (Å²) in [4.78, 5) is 28.7. The highest BCUT2D eigenvalue weighted by Crippen LogP contribution is 2.25. The largest absolute Gasteiger partial charge is 0.452 e. The molecule has 2 atom stereocenters. The van der Waals surface area contributed by atoms with Crippen molar-refractivity contribution in [3.63, 3.8) is 0 Å². The monoisotopic (exact) mass is 469 g/mol. The lowest BCUT2D eigenvalue weighted by atomic mass is 10.00. The Morgan fingerprint density at radius 2 is 1.97 bits per heavy atom.